The molecule has 1 aliphatic carbocycles. The van der Waals surface area contributed by atoms with Crippen LogP contribution < -0.4 is 0 Å². The first-order chi connectivity index (χ1) is 12.8. The Morgan fingerprint density at radius 3 is 1.33 bits per heavy atom. The lowest BCUT2D eigenvalue weighted by molar-refractivity contribution is 0.534. The van der Waals surface area contributed by atoms with Gasteiger partial charge in [-0.05, 0) is 48.9 Å². The Bertz CT molecular complexity index is 952. The van der Waals surface area contributed by atoms with Gasteiger partial charge in [-0.25, -0.2) is 16.8 Å². The molecule has 1 saturated carbocycles. The summed E-state index contributed by atoms with van der Waals surface area (Å²) in [6.45, 7) is 7.56. The molecule has 0 amide bonds. The normalized spacial score (nSPS) is 22.2. The maximum absolute atomic E-state index is 13.7. The molecule has 0 spiro atoms. The number of hydrogen-bond acceptors (Lipinski definition) is 4. The summed E-state index contributed by atoms with van der Waals surface area (Å²) in [5.41, 5.74) is 0. The molecule has 3 rings (SSSR count). The van der Waals surface area contributed by atoms with Crippen LogP contribution in [0, 0.1) is 11.8 Å². The second-order valence-corrected chi connectivity index (χ2v) is 11.5. The Labute approximate surface area is 161 Å². The van der Waals surface area contributed by atoms with Gasteiger partial charge in [0.05, 0.1) is 9.79 Å². The van der Waals surface area contributed by atoms with Gasteiger partial charge in [0, 0.05) is 0 Å². The van der Waals surface area contributed by atoms with Crippen molar-refractivity contribution >= 4 is 19.7 Å². The first kappa shape index (κ1) is 19.6. The smallest absolute Gasteiger partial charge is 0.198 e. The quantitative estimate of drug-likeness (QED) is 0.684. The summed E-state index contributed by atoms with van der Waals surface area (Å²) in [4.78, 5) is 0.0223. The van der Waals surface area contributed by atoms with E-state index in [1.54, 1.807) is 48.6 Å². The third-order valence-electron chi connectivity index (χ3n) is 5.34. The molecule has 0 heterocycles. The van der Waals surface area contributed by atoms with Crippen LogP contribution in [0.3, 0.4) is 0 Å². The van der Waals surface area contributed by atoms with E-state index in [1.165, 1.54) is 24.3 Å². The van der Waals surface area contributed by atoms with Crippen LogP contribution in [0.15, 0.2) is 95.8 Å². The zero-order valence-corrected chi connectivity index (χ0v) is 16.5. The van der Waals surface area contributed by atoms with Gasteiger partial charge in [0.25, 0.3) is 0 Å². The van der Waals surface area contributed by atoms with Crippen LogP contribution in [-0.2, 0) is 19.7 Å². The molecule has 0 radical (unpaired) electrons. The SMILES string of the molecule is C=C[C@@H]1CC(S(=O)(=O)c2ccccc2)(S(=O)(=O)c2ccccc2)C[C@@H]1C=C. The highest BCUT2D eigenvalue weighted by Crippen LogP contribution is 2.52. The summed E-state index contributed by atoms with van der Waals surface area (Å²) in [7, 11) is -8.35. The predicted molar refractivity (Wildman–Crippen MR) is 107 cm³/mol. The zero-order chi connectivity index (χ0) is 19.7. The van der Waals surface area contributed by atoms with Gasteiger partial charge in [-0.15, -0.1) is 13.2 Å². The van der Waals surface area contributed by atoms with Crippen molar-refractivity contribution in [2.45, 2.75) is 26.7 Å². The third kappa shape index (κ3) is 2.97. The van der Waals surface area contributed by atoms with Crippen molar-refractivity contribution in [1.29, 1.82) is 0 Å². The monoisotopic (exact) mass is 402 g/mol. The minimum Gasteiger partial charge on any atom is -0.222 e. The van der Waals surface area contributed by atoms with Crippen molar-refractivity contribution < 1.29 is 16.8 Å². The summed E-state index contributed by atoms with van der Waals surface area (Å²) < 4.78 is 52.6. The lowest BCUT2D eigenvalue weighted by Gasteiger charge is -2.29. The Morgan fingerprint density at radius 1 is 0.704 bits per heavy atom. The van der Waals surface area contributed by atoms with Gasteiger partial charge >= 0.3 is 0 Å². The molecule has 1 aliphatic rings. The van der Waals surface area contributed by atoms with Crippen LogP contribution in [0.4, 0.5) is 0 Å². The number of sulfone groups is 2. The average Bonchev–Trinajstić information content (AvgIpc) is 3.11. The van der Waals surface area contributed by atoms with E-state index < -0.39 is 23.8 Å². The fourth-order valence-corrected chi connectivity index (χ4v) is 9.10. The number of rotatable bonds is 6. The van der Waals surface area contributed by atoms with E-state index in [4.69, 9.17) is 0 Å². The third-order valence-corrected chi connectivity index (χ3v) is 11.1. The van der Waals surface area contributed by atoms with Crippen molar-refractivity contribution in [3.8, 4) is 0 Å². The molecule has 2 atom stereocenters. The van der Waals surface area contributed by atoms with E-state index in [2.05, 4.69) is 13.2 Å². The van der Waals surface area contributed by atoms with Crippen molar-refractivity contribution in [3.05, 3.63) is 86.0 Å². The second-order valence-electron chi connectivity index (χ2n) is 6.75. The Balaban J connectivity index is 2.30. The van der Waals surface area contributed by atoms with Gasteiger partial charge in [-0.2, -0.15) is 0 Å². The van der Waals surface area contributed by atoms with E-state index in [1.807, 2.05) is 0 Å². The maximum atomic E-state index is 13.7. The highest BCUT2D eigenvalue weighted by atomic mass is 32.3. The molecular formula is C21H22O4S2. The number of benzene rings is 2. The summed E-state index contributed by atoms with van der Waals surface area (Å²) >= 11 is 0. The minimum atomic E-state index is -4.18. The second kappa shape index (κ2) is 7.09. The van der Waals surface area contributed by atoms with Gasteiger partial charge in [0.1, 0.15) is 0 Å². The lowest BCUT2D eigenvalue weighted by Crippen LogP contribution is -2.44. The zero-order valence-electron chi connectivity index (χ0n) is 14.9. The molecule has 0 saturated heterocycles. The molecule has 0 aromatic heterocycles. The van der Waals surface area contributed by atoms with Gasteiger partial charge in [0.15, 0.2) is 23.8 Å². The van der Waals surface area contributed by atoms with E-state index in [9.17, 15) is 16.8 Å². The van der Waals surface area contributed by atoms with Crippen molar-refractivity contribution in [2.24, 2.45) is 11.8 Å². The Morgan fingerprint density at radius 2 is 1.04 bits per heavy atom. The summed E-state index contributed by atoms with van der Waals surface area (Å²) in [6.07, 6.45) is 3.19. The molecule has 0 aliphatic heterocycles. The highest BCUT2D eigenvalue weighted by Gasteiger charge is 2.61. The molecule has 27 heavy (non-hydrogen) atoms. The van der Waals surface area contributed by atoms with Crippen molar-refractivity contribution in [2.75, 3.05) is 0 Å². The molecule has 0 bridgehead atoms. The fraction of sp³-hybridized carbons (Fsp3) is 0.238. The van der Waals surface area contributed by atoms with Crippen LogP contribution >= 0.6 is 0 Å². The molecule has 0 unspecified atom stereocenters. The van der Waals surface area contributed by atoms with Gasteiger partial charge in [-0.3, -0.25) is 0 Å². The molecule has 4 nitrogen and oxygen atoms in total. The molecule has 6 heteroatoms. The Hall–Kier alpha value is -2.18. The summed E-state index contributed by atoms with van der Waals surface area (Å²) in [6, 6.07) is 15.6. The number of allylic oxidation sites excluding steroid dienone is 2. The molecule has 2 aromatic carbocycles. The standard InChI is InChI=1S/C21H22O4S2/c1-3-17-15-21(16-18(17)4-2,26(22,23)19-11-7-5-8-12-19)27(24,25)20-13-9-6-10-14-20/h3-14,17-18H,1-2,15-16H2/t17-,18+. The fourth-order valence-electron chi connectivity index (χ4n) is 3.83. The van der Waals surface area contributed by atoms with Crippen molar-refractivity contribution in [1.82, 2.24) is 0 Å². The predicted octanol–water partition coefficient (Wildman–Crippen LogP) is 4.03. The van der Waals surface area contributed by atoms with Crippen LogP contribution in [-0.4, -0.2) is 20.9 Å². The Kier molecular flexibility index (Phi) is 5.14. The minimum absolute atomic E-state index is 0.0111. The van der Waals surface area contributed by atoms with Gasteiger partial charge in [-0.1, -0.05) is 48.6 Å². The lowest BCUT2D eigenvalue weighted by atomic mass is 9.97. The largest absolute Gasteiger partial charge is 0.222 e. The van der Waals surface area contributed by atoms with E-state index >= 15 is 0 Å². The summed E-state index contributed by atoms with van der Waals surface area (Å²) in [5.74, 6) is -0.557. The molecule has 1 fully saturated rings. The van der Waals surface area contributed by atoms with Crippen LogP contribution in [0.2, 0.25) is 0 Å². The van der Waals surface area contributed by atoms with Crippen molar-refractivity contribution in [3.63, 3.8) is 0 Å². The summed E-state index contributed by atoms with van der Waals surface area (Å²) in [5, 5.41) is 0. The number of hydrogen-bond donors (Lipinski definition) is 0. The highest BCUT2D eigenvalue weighted by molar-refractivity contribution is 8.10. The van der Waals surface area contributed by atoms with E-state index in [0.717, 1.165) is 0 Å². The van der Waals surface area contributed by atoms with Crippen LogP contribution in [0.25, 0.3) is 0 Å². The van der Waals surface area contributed by atoms with Gasteiger partial charge in [0.2, 0.25) is 0 Å². The first-order valence-electron chi connectivity index (χ1n) is 8.64. The van der Waals surface area contributed by atoms with Crippen LogP contribution in [0.5, 0.6) is 0 Å². The topological polar surface area (TPSA) is 68.3 Å². The molecule has 142 valence electrons. The van der Waals surface area contributed by atoms with E-state index in [0.29, 0.717) is 0 Å². The van der Waals surface area contributed by atoms with Crippen LogP contribution in [0.1, 0.15) is 12.8 Å². The maximum Gasteiger partial charge on any atom is 0.198 e. The van der Waals surface area contributed by atoms with Gasteiger partial charge < -0.3 is 0 Å². The molecule has 2 aromatic rings. The first-order valence-corrected chi connectivity index (χ1v) is 11.6. The molecular weight excluding hydrogens is 380 g/mol. The molecule has 0 N–H and O–H groups in total. The average molecular weight is 403 g/mol. The van der Waals surface area contributed by atoms with E-state index in [-0.39, 0.29) is 34.5 Å².